The van der Waals surface area contributed by atoms with E-state index in [-0.39, 0.29) is 6.42 Å². The van der Waals surface area contributed by atoms with E-state index in [0.29, 0.717) is 13.2 Å². The van der Waals surface area contributed by atoms with E-state index in [0.717, 1.165) is 32.1 Å². The largest absolute Gasteiger partial charge is 0.466 e. The smallest absolute Gasteiger partial charge is 0.335 e. The van der Waals surface area contributed by atoms with E-state index >= 15 is 0 Å². The number of carbonyl (C=O) groups excluding carboxylic acids is 2. The maximum Gasteiger partial charge on any atom is 0.335 e. The fourth-order valence-electron chi connectivity index (χ4n) is 6.06. The van der Waals surface area contributed by atoms with Crippen LogP contribution in [0.15, 0.2) is 0 Å². The molecule has 1 N–H and O–H groups in total. The van der Waals surface area contributed by atoms with E-state index in [1.807, 2.05) is 0 Å². The summed E-state index contributed by atoms with van der Waals surface area (Å²) in [6, 6.07) is 0. The summed E-state index contributed by atoms with van der Waals surface area (Å²) in [6.45, 7) is 5.21. The first kappa shape index (κ1) is 43.9. The molecule has 0 spiro atoms. The van der Waals surface area contributed by atoms with Crippen molar-refractivity contribution in [1.82, 2.24) is 0 Å². The molecule has 0 saturated carbocycles. The lowest BCUT2D eigenvalue weighted by atomic mass is 10.0. The molecule has 45 heavy (non-hydrogen) atoms. The highest BCUT2D eigenvalue weighted by molar-refractivity contribution is 5.81. The molecular formula is C40H78O5. The van der Waals surface area contributed by atoms with Crippen molar-refractivity contribution in [2.24, 2.45) is 0 Å². The number of carbonyl (C=O) groups is 2. The molecule has 0 aliphatic heterocycles. The summed E-state index contributed by atoms with van der Waals surface area (Å²) in [5.74, 6) is -1.24. The molecule has 0 unspecified atom stereocenters. The first-order valence-corrected chi connectivity index (χ1v) is 20.1. The molecule has 0 aromatic carbocycles. The van der Waals surface area contributed by atoms with Crippen molar-refractivity contribution in [3.05, 3.63) is 0 Å². The molecule has 0 amide bonds. The molecule has 5 heteroatoms. The number of unbranched alkanes of at least 4 members (excludes halogenated alkanes) is 30. The highest BCUT2D eigenvalue weighted by Gasteiger charge is 2.21. The van der Waals surface area contributed by atoms with E-state index < -0.39 is 18.0 Å². The van der Waals surface area contributed by atoms with Crippen molar-refractivity contribution in [2.75, 3.05) is 13.2 Å². The van der Waals surface area contributed by atoms with Gasteiger partial charge in [0, 0.05) is 0 Å². The molecule has 1 atom stereocenters. The number of aliphatic hydroxyl groups is 1. The van der Waals surface area contributed by atoms with E-state index in [2.05, 4.69) is 13.8 Å². The van der Waals surface area contributed by atoms with Gasteiger partial charge in [0.1, 0.15) is 0 Å². The molecule has 5 nitrogen and oxygen atoms in total. The minimum atomic E-state index is -1.43. The monoisotopic (exact) mass is 639 g/mol. The molecule has 0 aromatic heterocycles. The number of hydrogen-bond donors (Lipinski definition) is 1. The molecule has 0 aromatic rings. The van der Waals surface area contributed by atoms with Crippen LogP contribution < -0.4 is 0 Å². The summed E-state index contributed by atoms with van der Waals surface area (Å²) in [4.78, 5) is 24.0. The second kappa shape index (κ2) is 37.4. The van der Waals surface area contributed by atoms with Crippen LogP contribution >= 0.6 is 0 Å². The number of esters is 2. The Morgan fingerprint density at radius 2 is 0.644 bits per heavy atom. The summed E-state index contributed by atoms with van der Waals surface area (Å²) in [5.41, 5.74) is 0. The van der Waals surface area contributed by atoms with Crippen molar-refractivity contribution >= 4 is 11.9 Å². The van der Waals surface area contributed by atoms with Crippen LogP contribution in [0, 0.1) is 0 Å². The van der Waals surface area contributed by atoms with E-state index in [1.165, 1.54) is 173 Å². The average Bonchev–Trinajstić information content (AvgIpc) is 3.03. The first-order chi connectivity index (χ1) is 22.1. The lowest BCUT2D eigenvalue weighted by Crippen LogP contribution is -2.27. The normalized spacial score (nSPS) is 12.0. The third kappa shape index (κ3) is 35.6. The average molecular weight is 639 g/mol. The zero-order valence-corrected chi connectivity index (χ0v) is 30.4. The minimum Gasteiger partial charge on any atom is -0.466 e. The van der Waals surface area contributed by atoms with Crippen LogP contribution in [0.25, 0.3) is 0 Å². The predicted octanol–water partition coefficient (Wildman–Crippen LogP) is 12.3. The number of hydrogen-bond acceptors (Lipinski definition) is 5. The Kier molecular flexibility index (Phi) is 36.4. The molecular weight excluding hydrogens is 560 g/mol. The van der Waals surface area contributed by atoms with Gasteiger partial charge in [-0.3, -0.25) is 4.79 Å². The highest BCUT2D eigenvalue weighted by Crippen LogP contribution is 2.15. The van der Waals surface area contributed by atoms with Gasteiger partial charge in [0.2, 0.25) is 0 Å². The van der Waals surface area contributed by atoms with Gasteiger partial charge < -0.3 is 14.6 Å². The number of rotatable bonds is 37. The maximum absolute atomic E-state index is 12.0. The third-order valence-electron chi connectivity index (χ3n) is 9.14. The van der Waals surface area contributed by atoms with Crippen molar-refractivity contribution in [2.45, 2.75) is 232 Å². The summed E-state index contributed by atoms with van der Waals surface area (Å²) >= 11 is 0. The van der Waals surface area contributed by atoms with E-state index in [4.69, 9.17) is 9.47 Å². The van der Waals surface area contributed by atoms with Gasteiger partial charge in [-0.25, -0.2) is 4.79 Å². The second-order valence-corrected chi connectivity index (χ2v) is 13.7. The van der Waals surface area contributed by atoms with Crippen LogP contribution in [-0.4, -0.2) is 36.4 Å². The Morgan fingerprint density at radius 1 is 0.400 bits per heavy atom. The van der Waals surface area contributed by atoms with Crippen molar-refractivity contribution in [3.8, 4) is 0 Å². The molecule has 0 radical (unpaired) electrons. The van der Waals surface area contributed by atoms with Crippen LogP contribution in [0.1, 0.15) is 226 Å². The van der Waals surface area contributed by atoms with Crippen molar-refractivity contribution in [3.63, 3.8) is 0 Å². The first-order valence-electron chi connectivity index (χ1n) is 20.1. The summed E-state index contributed by atoms with van der Waals surface area (Å²) in [6.07, 6.45) is 39.9. The van der Waals surface area contributed by atoms with Crippen LogP contribution in [0.3, 0.4) is 0 Å². The van der Waals surface area contributed by atoms with Crippen LogP contribution in [0.4, 0.5) is 0 Å². The number of aliphatic hydroxyl groups excluding tert-OH is 1. The maximum atomic E-state index is 12.0. The quantitative estimate of drug-likeness (QED) is 0.0541. The lowest BCUT2D eigenvalue weighted by molar-refractivity contribution is -0.160. The van der Waals surface area contributed by atoms with Crippen LogP contribution in [0.5, 0.6) is 0 Å². The molecule has 0 aliphatic carbocycles. The predicted molar refractivity (Wildman–Crippen MR) is 192 cm³/mol. The van der Waals surface area contributed by atoms with Gasteiger partial charge in [-0.2, -0.15) is 0 Å². The van der Waals surface area contributed by atoms with E-state index in [1.54, 1.807) is 0 Å². The van der Waals surface area contributed by atoms with Gasteiger partial charge in [0.15, 0.2) is 6.10 Å². The van der Waals surface area contributed by atoms with Crippen LogP contribution in [-0.2, 0) is 19.1 Å². The van der Waals surface area contributed by atoms with Gasteiger partial charge in [0.05, 0.1) is 19.6 Å². The molecule has 0 aliphatic rings. The Balaban J connectivity index is 3.38. The Labute approximate surface area is 280 Å². The third-order valence-corrected chi connectivity index (χ3v) is 9.14. The Bertz CT molecular complexity index is 607. The topological polar surface area (TPSA) is 72.8 Å². The molecule has 0 bridgehead atoms. The fraction of sp³-hybridized carbons (Fsp3) is 0.950. The standard InChI is InChI=1S/C40H78O5/c1-3-5-7-9-11-13-15-17-19-21-23-25-27-29-31-33-35-44-39(42)37-38(41)40(43)45-36-34-32-30-28-26-24-22-20-18-16-14-12-10-8-6-4-2/h38,41H,3-37H2,1-2H3/t38-/m0/s1. The van der Waals surface area contributed by atoms with Crippen molar-refractivity contribution < 1.29 is 24.2 Å². The van der Waals surface area contributed by atoms with Gasteiger partial charge in [0.25, 0.3) is 0 Å². The molecule has 0 rings (SSSR count). The second-order valence-electron chi connectivity index (χ2n) is 13.7. The van der Waals surface area contributed by atoms with Gasteiger partial charge >= 0.3 is 11.9 Å². The summed E-state index contributed by atoms with van der Waals surface area (Å²) in [5, 5.41) is 9.99. The molecule has 0 fully saturated rings. The Hall–Kier alpha value is -1.10. The zero-order chi connectivity index (χ0) is 32.9. The highest BCUT2D eigenvalue weighted by atomic mass is 16.6. The van der Waals surface area contributed by atoms with Gasteiger partial charge in [-0.05, 0) is 12.8 Å². The SMILES string of the molecule is CCCCCCCCCCCCCCCCCCOC(=O)C[C@H](O)C(=O)OCCCCCCCCCCCCCCCCCC. The van der Waals surface area contributed by atoms with Crippen LogP contribution in [0.2, 0.25) is 0 Å². The zero-order valence-electron chi connectivity index (χ0n) is 30.4. The fourth-order valence-corrected chi connectivity index (χ4v) is 6.06. The van der Waals surface area contributed by atoms with Gasteiger partial charge in [-0.1, -0.05) is 206 Å². The lowest BCUT2D eigenvalue weighted by Gasteiger charge is -2.11. The summed E-state index contributed by atoms with van der Waals surface area (Å²) in [7, 11) is 0. The Morgan fingerprint density at radius 3 is 0.933 bits per heavy atom. The summed E-state index contributed by atoms with van der Waals surface area (Å²) < 4.78 is 10.4. The van der Waals surface area contributed by atoms with E-state index in [9.17, 15) is 14.7 Å². The minimum absolute atomic E-state index is 0.308. The van der Waals surface area contributed by atoms with Gasteiger partial charge in [-0.15, -0.1) is 0 Å². The molecule has 0 saturated heterocycles. The molecule has 0 heterocycles. The number of ether oxygens (including phenoxy) is 2. The molecule has 268 valence electrons. The van der Waals surface area contributed by atoms with Crippen molar-refractivity contribution in [1.29, 1.82) is 0 Å².